The van der Waals surface area contributed by atoms with Crippen LogP contribution >= 0.6 is 0 Å². The molecule has 0 aromatic heterocycles. The van der Waals surface area contributed by atoms with E-state index in [-0.39, 0.29) is 29.7 Å². The second-order valence-corrected chi connectivity index (χ2v) is 10.6. The van der Waals surface area contributed by atoms with Crippen LogP contribution in [0.2, 0.25) is 0 Å². The number of para-hydroxylation sites is 1. The molecule has 198 valence electrons. The molecule has 36 heavy (non-hydrogen) atoms. The van der Waals surface area contributed by atoms with Gasteiger partial charge in [-0.3, -0.25) is 24.2 Å². The SMILES string of the molecule is CCc1ccccc1NC(=O)CN1CCN(C(=O)CN2CCC(NC(=O)C3CCCCC3)CC2)CC1. The van der Waals surface area contributed by atoms with Crippen molar-refractivity contribution in [2.24, 2.45) is 5.92 Å². The van der Waals surface area contributed by atoms with Crippen LogP contribution in [-0.2, 0) is 20.8 Å². The lowest BCUT2D eigenvalue weighted by atomic mass is 9.88. The van der Waals surface area contributed by atoms with Crippen LogP contribution in [-0.4, -0.2) is 90.8 Å². The van der Waals surface area contributed by atoms with Crippen LogP contribution in [0.4, 0.5) is 5.69 Å². The third kappa shape index (κ3) is 7.53. The van der Waals surface area contributed by atoms with Crippen molar-refractivity contribution in [2.45, 2.75) is 64.3 Å². The van der Waals surface area contributed by atoms with Gasteiger partial charge in [-0.15, -0.1) is 0 Å². The van der Waals surface area contributed by atoms with Crippen molar-refractivity contribution >= 4 is 23.4 Å². The van der Waals surface area contributed by atoms with E-state index in [1.54, 1.807) is 0 Å². The molecule has 3 fully saturated rings. The zero-order valence-electron chi connectivity index (χ0n) is 21.8. The van der Waals surface area contributed by atoms with Crippen LogP contribution < -0.4 is 10.6 Å². The number of carbonyl (C=O) groups is 3. The third-order valence-electron chi connectivity index (χ3n) is 8.03. The molecule has 0 atom stereocenters. The van der Waals surface area contributed by atoms with Gasteiger partial charge < -0.3 is 15.5 Å². The smallest absolute Gasteiger partial charge is 0.238 e. The van der Waals surface area contributed by atoms with Crippen molar-refractivity contribution in [3.05, 3.63) is 29.8 Å². The molecule has 8 nitrogen and oxygen atoms in total. The molecule has 1 saturated carbocycles. The molecule has 1 aliphatic carbocycles. The zero-order valence-corrected chi connectivity index (χ0v) is 21.8. The van der Waals surface area contributed by atoms with Gasteiger partial charge in [0.2, 0.25) is 17.7 Å². The molecule has 2 saturated heterocycles. The summed E-state index contributed by atoms with van der Waals surface area (Å²) >= 11 is 0. The van der Waals surface area contributed by atoms with E-state index in [0.29, 0.717) is 39.3 Å². The molecule has 0 bridgehead atoms. The Balaban J connectivity index is 1.12. The number of rotatable bonds is 8. The Hall–Kier alpha value is -2.45. The quantitative estimate of drug-likeness (QED) is 0.577. The van der Waals surface area contributed by atoms with Crippen LogP contribution in [0.1, 0.15) is 57.4 Å². The first kappa shape index (κ1) is 26.6. The summed E-state index contributed by atoms with van der Waals surface area (Å²) < 4.78 is 0. The van der Waals surface area contributed by atoms with E-state index in [9.17, 15) is 14.4 Å². The molecule has 1 aromatic carbocycles. The van der Waals surface area contributed by atoms with Gasteiger partial charge >= 0.3 is 0 Å². The van der Waals surface area contributed by atoms with Crippen molar-refractivity contribution < 1.29 is 14.4 Å². The predicted molar refractivity (Wildman–Crippen MR) is 142 cm³/mol. The first-order chi connectivity index (χ1) is 17.5. The number of anilines is 1. The molecule has 8 heteroatoms. The maximum atomic E-state index is 12.9. The Morgan fingerprint density at radius 2 is 1.50 bits per heavy atom. The van der Waals surface area contributed by atoms with Crippen LogP contribution in [0.25, 0.3) is 0 Å². The highest BCUT2D eigenvalue weighted by atomic mass is 16.2. The molecule has 3 aliphatic rings. The summed E-state index contributed by atoms with van der Waals surface area (Å²) in [6.45, 7) is 7.31. The standard InChI is InChI=1S/C28H43N5O3/c1-2-22-8-6-7-11-25(22)30-26(34)20-32-16-18-33(19-17-32)27(35)21-31-14-12-24(13-15-31)29-28(36)23-9-4-3-5-10-23/h6-8,11,23-24H,2-5,9-10,12-21H2,1H3,(H,29,36)(H,30,34). The second kappa shape index (κ2) is 13.2. The fraction of sp³-hybridized carbons (Fsp3) is 0.679. The number of nitrogens with zero attached hydrogens (tertiary/aromatic N) is 3. The summed E-state index contributed by atoms with van der Waals surface area (Å²) in [4.78, 5) is 44.2. The van der Waals surface area contributed by atoms with E-state index in [1.807, 2.05) is 29.2 Å². The summed E-state index contributed by atoms with van der Waals surface area (Å²) in [6.07, 6.45) is 8.37. The van der Waals surface area contributed by atoms with Gasteiger partial charge in [0.05, 0.1) is 13.1 Å². The van der Waals surface area contributed by atoms with Gasteiger partial charge in [0.25, 0.3) is 0 Å². The number of piperidine rings is 1. The van der Waals surface area contributed by atoms with Gasteiger partial charge in [-0.1, -0.05) is 44.4 Å². The number of likely N-dealkylation sites (tertiary alicyclic amines) is 1. The molecule has 2 heterocycles. The number of amides is 3. The minimum atomic E-state index is -0.00544. The van der Waals surface area contributed by atoms with E-state index >= 15 is 0 Å². The fourth-order valence-electron chi connectivity index (χ4n) is 5.71. The Morgan fingerprint density at radius 3 is 2.19 bits per heavy atom. The number of hydrogen-bond donors (Lipinski definition) is 2. The second-order valence-electron chi connectivity index (χ2n) is 10.6. The lowest BCUT2D eigenvalue weighted by Gasteiger charge is -2.37. The number of aryl methyl sites for hydroxylation is 1. The van der Waals surface area contributed by atoms with Crippen molar-refractivity contribution in [3.63, 3.8) is 0 Å². The van der Waals surface area contributed by atoms with Gasteiger partial charge in [0.15, 0.2) is 0 Å². The number of benzene rings is 1. The van der Waals surface area contributed by atoms with Crippen molar-refractivity contribution in [2.75, 3.05) is 57.7 Å². The van der Waals surface area contributed by atoms with Crippen LogP contribution in [0.15, 0.2) is 24.3 Å². The van der Waals surface area contributed by atoms with Gasteiger partial charge in [-0.05, 0) is 43.7 Å². The molecule has 2 N–H and O–H groups in total. The summed E-state index contributed by atoms with van der Waals surface area (Å²) in [7, 11) is 0. The lowest BCUT2D eigenvalue weighted by molar-refractivity contribution is -0.135. The summed E-state index contributed by atoms with van der Waals surface area (Å²) in [6, 6.07) is 8.15. The summed E-state index contributed by atoms with van der Waals surface area (Å²) in [5.74, 6) is 0.607. The Morgan fingerprint density at radius 1 is 0.833 bits per heavy atom. The number of carbonyl (C=O) groups excluding carboxylic acids is 3. The Labute approximate surface area is 215 Å². The fourth-order valence-corrected chi connectivity index (χ4v) is 5.71. The van der Waals surface area contributed by atoms with Gasteiger partial charge in [-0.2, -0.15) is 0 Å². The number of nitrogens with one attached hydrogen (secondary N) is 2. The first-order valence-electron chi connectivity index (χ1n) is 13.9. The van der Waals surface area contributed by atoms with Crippen molar-refractivity contribution in [1.82, 2.24) is 20.0 Å². The topological polar surface area (TPSA) is 85.0 Å². The molecule has 2 aliphatic heterocycles. The largest absolute Gasteiger partial charge is 0.353 e. The first-order valence-corrected chi connectivity index (χ1v) is 13.9. The van der Waals surface area contributed by atoms with Crippen molar-refractivity contribution in [1.29, 1.82) is 0 Å². The van der Waals surface area contributed by atoms with Gasteiger partial charge in [0, 0.05) is 56.9 Å². The van der Waals surface area contributed by atoms with Gasteiger partial charge in [0.1, 0.15) is 0 Å². The normalized spacial score (nSPS) is 20.8. The lowest BCUT2D eigenvalue weighted by Crippen LogP contribution is -2.53. The average molecular weight is 498 g/mol. The molecule has 0 unspecified atom stereocenters. The maximum absolute atomic E-state index is 12.9. The number of hydrogen-bond acceptors (Lipinski definition) is 5. The predicted octanol–water partition coefficient (Wildman–Crippen LogP) is 2.49. The molecule has 0 spiro atoms. The summed E-state index contributed by atoms with van der Waals surface area (Å²) in [5.41, 5.74) is 2.02. The molecule has 4 rings (SSSR count). The Kier molecular flexibility index (Phi) is 9.75. The highest BCUT2D eigenvalue weighted by Crippen LogP contribution is 2.24. The van der Waals surface area contributed by atoms with E-state index < -0.39 is 0 Å². The minimum Gasteiger partial charge on any atom is -0.353 e. The van der Waals surface area contributed by atoms with Crippen LogP contribution in [0.5, 0.6) is 0 Å². The number of piperazine rings is 1. The highest BCUT2D eigenvalue weighted by Gasteiger charge is 2.28. The van der Waals surface area contributed by atoms with E-state index in [0.717, 1.165) is 56.4 Å². The highest BCUT2D eigenvalue weighted by molar-refractivity contribution is 5.93. The summed E-state index contributed by atoms with van der Waals surface area (Å²) in [5, 5.41) is 6.31. The monoisotopic (exact) mass is 497 g/mol. The molecule has 1 aromatic rings. The van der Waals surface area contributed by atoms with E-state index in [2.05, 4.69) is 27.4 Å². The third-order valence-corrected chi connectivity index (χ3v) is 8.03. The maximum Gasteiger partial charge on any atom is 0.238 e. The Bertz CT molecular complexity index is 885. The molecule has 3 amide bonds. The molecular formula is C28H43N5O3. The van der Waals surface area contributed by atoms with Crippen molar-refractivity contribution in [3.8, 4) is 0 Å². The average Bonchev–Trinajstić information content (AvgIpc) is 2.91. The molecule has 0 radical (unpaired) electrons. The van der Waals surface area contributed by atoms with Crippen LogP contribution in [0.3, 0.4) is 0 Å². The van der Waals surface area contributed by atoms with Gasteiger partial charge in [-0.25, -0.2) is 0 Å². The van der Waals surface area contributed by atoms with E-state index in [4.69, 9.17) is 0 Å². The zero-order chi connectivity index (χ0) is 25.3. The van der Waals surface area contributed by atoms with E-state index in [1.165, 1.54) is 19.3 Å². The molecular weight excluding hydrogens is 454 g/mol. The van der Waals surface area contributed by atoms with Crippen LogP contribution in [0, 0.1) is 5.92 Å². The minimum absolute atomic E-state index is 0.00544.